The van der Waals surface area contributed by atoms with Crippen LogP contribution in [0, 0.1) is 17.8 Å². The Morgan fingerprint density at radius 2 is 1.55 bits per heavy atom. The molecule has 0 aliphatic heterocycles. The highest BCUT2D eigenvalue weighted by Crippen LogP contribution is 2.41. The zero-order valence-corrected chi connectivity index (χ0v) is 13.5. The van der Waals surface area contributed by atoms with Crippen molar-refractivity contribution in [3.8, 4) is 0 Å². The molecule has 2 fully saturated rings. The van der Waals surface area contributed by atoms with Crippen LogP contribution in [0.25, 0.3) is 0 Å². The van der Waals surface area contributed by atoms with E-state index in [1.165, 1.54) is 70.6 Å². The molecule has 2 aliphatic rings. The maximum atomic E-state index is 5.78. The molecule has 0 radical (unpaired) electrons. The van der Waals surface area contributed by atoms with Gasteiger partial charge in [0.15, 0.2) is 0 Å². The van der Waals surface area contributed by atoms with Gasteiger partial charge in [-0.25, -0.2) is 0 Å². The summed E-state index contributed by atoms with van der Waals surface area (Å²) in [7, 11) is 0. The molecule has 1 heteroatoms. The average molecular weight is 278 g/mol. The first kappa shape index (κ1) is 16.1. The maximum absolute atomic E-state index is 5.78. The number of hydrogen-bond acceptors (Lipinski definition) is 1. The molecule has 0 aromatic heterocycles. The molecule has 0 atom stereocenters. The van der Waals surface area contributed by atoms with Crippen molar-refractivity contribution >= 4 is 0 Å². The lowest BCUT2D eigenvalue weighted by molar-refractivity contribution is 0.0134. The predicted molar refractivity (Wildman–Crippen MR) is 86.9 cm³/mol. The van der Waals surface area contributed by atoms with Crippen LogP contribution in [0.2, 0.25) is 0 Å². The standard InChI is InChI=1S/C19H34O/c1-3-5-6-7-16-8-10-17(11-9-16)18-12-14-19(15-13-18)20-4-2/h3,16-19H,1,4-15H2,2H3/t16-,17-,18?,19?. The van der Waals surface area contributed by atoms with Gasteiger partial charge in [0.05, 0.1) is 6.10 Å². The van der Waals surface area contributed by atoms with Gasteiger partial charge in [-0.3, -0.25) is 0 Å². The van der Waals surface area contributed by atoms with Crippen LogP contribution in [0.4, 0.5) is 0 Å². The molecule has 0 amide bonds. The van der Waals surface area contributed by atoms with E-state index in [9.17, 15) is 0 Å². The van der Waals surface area contributed by atoms with Crippen molar-refractivity contribution in [3.05, 3.63) is 12.7 Å². The van der Waals surface area contributed by atoms with Gasteiger partial charge < -0.3 is 4.74 Å². The van der Waals surface area contributed by atoms with Gasteiger partial charge in [0.1, 0.15) is 0 Å². The van der Waals surface area contributed by atoms with Crippen molar-refractivity contribution in [2.24, 2.45) is 17.8 Å². The third-order valence-corrected chi connectivity index (χ3v) is 5.70. The fourth-order valence-corrected chi connectivity index (χ4v) is 4.46. The fraction of sp³-hybridized carbons (Fsp3) is 0.895. The highest BCUT2D eigenvalue weighted by atomic mass is 16.5. The van der Waals surface area contributed by atoms with Crippen molar-refractivity contribution in [2.75, 3.05) is 6.61 Å². The summed E-state index contributed by atoms with van der Waals surface area (Å²) in [6.45, 7) is 6.84. The molecule has 0 aromatic rings. The summed E-state index contributed by atoms with van der Waals surface area (Å²) >= 11 is 0. The molecule has 116 valence electrons. The smallest absolute Gasteiger partial charge is 0.0575 e. The van der Waals surface area contributed by atoms with Crippen LogP contribution in [-0.4, -0.2) is 12.7 Å². The fourth-order valence-electron chi connectivity index (χ4n) is 4.46. The van der Waals surface area contributed by atoms with Crippen molar-refractivity contribution in [1.29, 1.82) is 0 Å². The lowest BCUT2D eigenvalue weighted by atomic mass is 9.70. The summed E-state index contributed by atoms with van der Waals surface area (Å²) < 4.78 is 5.78. The Balaban J connectivity index is 1.63. The molecule has 0 bridgehead atoms. The summed E-state index contributed by atoms with van der Waals surface area (Å²) in [5, 5.41) is 0. The van der Waals surface area contributed by atoms with E-state index in [4.69, 9.17) is 4.74 Å². The zero-order valence-electron chi connectivity index (χ0n) is 13.5. The topological polar surface area (TPSA) is 9.23 Å². The van der Waals surface area contributed by atoms with Crippen LogP contribution in [0.5, 0.6) is 0 Å². The van der Waals surface area contributed by atoms with Crippen LogP contribution in [0.15, 0.2) is 12.7 Å². The molecule has 0 heterocycles. The first-order chi connectivity index (χ1) is 9.83. The summed E-state index contributed by atoms with van der Waals surface area (Å²) in [6, 6.07) is 0. The summed E-state index contributed by atoms with van der Waals surface area (Å²) in [5.41, 5.74) is 0. The normalized spacial score (nSPS) is 34.9. The predicted octanol–water partition coefficient (Wildman–Crippen LogP) is 5.74. The Bertz CT molecular complexity index is 257. The third-order valence-electron chi connectivity index (χ3n) is 5.70. The average Bonchev–Trinajstić information content (AvgIpc) is 2.49. The molecule has 0 saturated heterocycles. The minimum absolute atomic E-state index is 0.575. The maximum Gasteiger partial charge on any atom is 0.0575 e. The Morgan fingerprint density at radius 3 is 2.10 bits per heavy atom. The van der Waals surface area contributed by atoms with Gasteiger partial charge >= 0.3 is 0 Å². The van der Waals surface area contributed by atoms with E-state index in [1.807, 2.05) is 0 Å². The molecule has 1 nitrogen and oxygen atoms in total. The Hall–Kier alpha value is -0.300. The van der Waals surface area contributed by atoms with E-state index in [0.717, 1.165) is 24.4 Å². The second kappa shape index (κ2) is 8.87. The lowest BCUT2D eigenvalue weighted by Gasteiger charge is -2.37. The summed E-state index contributed by atoms with van der Waals surface area (Å²) in [6.07, 6.45) is 18.1. The molecule has 0 aromatic carbocycles. The number of unbranched alkanes of at least 4 members (excludes halogenated alkanes) is 1. The molecular formula is C19H34O. The number of hydrogen-bond donors (Lipinski definition) is 0. The largest absolute Gasteiger partial charge is 0.379 e. The van der Waals surface area contributed by atoms with E-state index in [0.29, 0.717) is 6.10 Å². The summed E-state index contributed by atoms with van der Waals surface area (Å²) in [5.74, 6) is 3.07. The molecule has 2 aliphatic carbocycles. The quantitative estimate of drug-likeness (QED) is 0.426. The van der Waals surface area contributed by atoms with Gasteiger partial charge in [0.2, 0.25) is 0 Å². The van der Waals surface area contributed by atoms with Gasteiger partial charge in [-0.15, -0.1) is 6.58 Å². The minimum atomic E-state index is 0.575. The van der Waals surface area contributed by atoms with Crippen LogP contribution < -0.4 is 0 Å². The van der Waals surface area contributed by atoms with Gasteiger partial charge in [-0.2, -0.15) is 0 Å². The number of allylic oxidation sites excluding steroid dienone is 1. The summed E-state index contributed by atoms with van der Waals surface area (Å²) in [4.78, 5) is 0. The SMILES string of the molecule is C=CCCC[C@H]1CC[C@H](C2CCC(OCC)CC2)CC1. The highest BCUT2D eigenvalue weighted by Gasteiger charge is 2.30. The molecule has 0 N–H and O–H groups in total. The highest BCUT2D eigenvalue weighted by molar-refractivity contribution is 4.82. The molecule has 0 unspecified atom stereocenters. The molecule has 2 rings (SSSR count). The van der Waals surface area contributed by atoms with Gasteiger partial charge in [0, 0.05) is 6.61 Å². The van der Waals surface area contributed by atoms with Crippen molar-refractivity contribution in [1.82, 2.24) is 0 Å². The first-order valence-corrected chi connectivity index (χ1v) is 9.06. The van der Waals surface area contributed by atoms with Crippen molar-refractivity contribution in [3.63, 3.8) is 0 Å². The Labute approximate surface area is 126 Å². The van der Waals surface area contributed by atoms with E-state index in [-0.39, 0.29) is 0 Å². The molecule has 0 spiro atoms. The minimum Gasteiger partial charge on any atom is -0.379 e. The van der Waals surface area contributed by atoms with Gasteiger partial charge in [-0.05, 0) is 76.0 Å². The molecular weight excluding hydrogens is 244 g/mol. The van der Waals surface area contributed by atoms with Crippen LogP contribution in [0.1, 0.15) is 77.6 Å². The number of ether oxygens (including phenoxy) is 1. The van der Waals surface area contributed by atoms with E-state index in [2.05, 4.69) is 19.6 Å². The second-order valence-electron chi connectivity index (χ2n) is 6.99. The Morgan fingerprint density at radius 1 is 0.950 bits per heavy atom. The van der Waals surface area contributed by atoms with Crippen molar-refractivity contribution in [2.45, 2.75) is 83.7 Å². The molecule has 20 heavy (non-hydrogen) atoms. The van der Waals surface area contributed by atoms with Crippen LogP contribution in [-0.2, 0) is 4.74 Å². The monoisotopic (exact) mass is 278 g/mol. The van der Waals surface area contributed by atoms with Crippen LogP contribution >= 0.6 is 0 Å². The lowest BCUT2D eigenvalue weighted by Crippen LogP contribution is -2.28. The van der Waals surface area contributed by atoms with Gasteiger partial charge in [-0.1, -0.05) is 25.3 Å². The van der Waals surface area contributed by atoms with Gasteiger partial charge in [0.25, 0.3) is 0 Å². The molecule has 2 saturated carbocycles. The Kier molecular flexibility index (Phi) is 7.13. The van der Waals surface area contributed by atoms with E-state index < -0.39 is 0 Å². The second-order valence-corrected chi connectivity index (χ2v) is 6.99. The van der Waals surface area contributed by atoms with E-state index >= 15 is 0 Å². The van der Waals surface area contributed by atoms with E-state index in [1.54, 1.807) is 0 Å². The number of rotatable bonds is 7. The third kappa shape index (κ3) is 4.91. The zero-order chi connectivity index (χ0) is 14.2. The first-order valence-electron chi connectivity index (χ1n) is 9.06. The van der Waals surface area contributed by atoms with Crippen molar-refractivity contribution < 1.29 is 4.74 Å². The van der Waals surface area contributed by atoms with Crippen LogP contribution in [0.3, 0.4) is 0 Å².